The van der Waals surface area contributed by atoms with Gasteiger partial charge >= 0.3 is 0 Å². The van der Waals surface area contributed by atoms with Gasteiger partial charge in [0.15, 0.2) is 0 Å². The van der Waals surface area contributed by atoms with Crippen molar-refractivity contribution in [1.82, 2.24) is 30.1 Å². The lowest BCUT2D eigenvalue weighted by atomic mass is 9.66. The number of hydrogen-bond donors (Lipinski definition) is 1. The zero-order valence-corrected chi connectivity index (χ0v) is 25.8. The molecule has 6 rings (SSSR count). The number of amides is 3. The highest BCUT2D eigenvalue weighted by molar-refractivity contribution is 6.31. The highest BCUT2D eigenvalue weighted by Gasteiger charge is 2.53. The Bertz CT molecular complexity index is 1420. The second-order valence-electron chi connectivity index (χ2n) is 13.0. The number of carbonyl (C=O) groups is 3. The van der Waals surface area contributed by atoms with Crippen LogP contribution in [0.25, 0.3) is 0 Å². The summed E-state index contributed by atoms with van der Waals surface area (Å²) in [5.41, 5.74) is 2.76. The van der Waals surface area contributed by atoms with Crippen LogP contribution in [0, 0.1) is 23.7 Å². The van der Waals surface area contributed by atoms with E-state index in [1.54, 1.807) is 11.7 Å². The van der Waals surface area contributed by atoms with E-state index in [1.807, 2.05) is 42.8 Å². The van der Waals surface area contributed by atoms with Gasteiger partial charge in [-0.25, -0.2) is 0 Å². The molecule has 3 heterocycles. The van der Waals surface area contributed by atoms with E-state index in [4.69, 9.17) is 16.3 Å². The standard InChI is InChI=1S/C31H41ClN6O4/c1-19-23(34-35-36(19)4)17-42-25-9-8-22(32)20-10-14-38(28(40)21-7-5-6-11-30(21,2)29(41)33-3)24(27(20)25)16-37-18-31(12-13-31)15-26(37)39/h8-9,21,24H,5-7,10-18H2,1-4H3,(H,33,41)/t21-,24+,30-/m0/s1. The van der Waals surface area contributed by atoms with Crippen LogP contribution in [0.15, 0.2) is 12.1 Å². The number of likely N-dealkylation sites (tertiary alicyclic amines) is 1. The molecule has 10 nitrogen and oxygen atoms in total. The summed E-state index contributed by atoms with van der Waals surface area (Å²) in [7, 11) is 3.48. The fourth-order valence-corrected chi connectivity index (χ4v) is 7.70. The minimum Gasteiger partial charge on any atom is -0.487 e. The van der Waals surface area contributed by atoms with Crippen molar-refractivity contribution in [2.75, 3.05) is 26.7 Å². The minimum absolute atomic E-state index is 0.0278. The maximum Gasteiger partial charge on any atom is 0.227 e. The van der Waals surface area contributed by atoms with Crippen LogP contribution < -0.4 is 10.1 Å². The molecule has 2 aliphatic carbocycles. The van der Waals surface area contributed by atoms with Crippen molar-refractivity contribution in [3.05, 3.63) is 39.7 Å². The van der Waals surface area contributed by atoms with Gasteiger partial charge in [-0.3, -0.25) is 19.1 Å². The summed E-state index contributed by atoms with van der Waals surface area (Å²) in [5.74, 6) is 0.211. The first kappa shape index (κ1) is 29.0. The number of hydrogen-bond acceptors (Lipinski definition) is 6. The molecule has 2 aliphatic heterocycles. The number of benzene rings is 1. The Labute approximate surface area is 252 Å². The van der Waals surface area contributed by atoms with Gasteiger partial charge < -0.3 is 19.9 Å². The Balaban J connectivity index is 1.38. The molecular formula is C31H41ClN6O4. The molecule has 1 saturated heterocycles. The highest BCUT2D eigenvalue weighted by Crippen LogP contribution is 2.54. The fraction of sp³-hybridized carbons (Fsp3) is 0.645. The number of aromatic nitrogens is 3. The number of aryl methyl sites for hydroxylation is 1. The predicted molar refractivity (Wildman–Crippen MR) is 157 cm³/mol. The van der Waals surface area contributed by atoms with Crippen LogP contribution in [0.2, 0.25) is 5.02 Å². The van der Waals surface area contributed by atoms with Crippen molar-refractivity contribution < 1.29 is 19.1 Å². The quantitative estimate of drug-likeness (QED) is 0.522. The zero-order chi connectivity index (χ0) is 29.8. The third kappa shape index (κ3) is 4.95. The number of rotatable bonds is 7. The van der Waals surface area contributed by atoms with E-state index < -0.39 is 17.4 Å². The molecule has 0 bridgehead atoms. The number of halogens is 1. The Morgan fingerprint density at radius 1 is 1.21 bits per heavy atom. The lowest BCUT2D eigenvalue weighted by molar-refractivity contribution is -0.153. The van der Waals surface area contributed by atoms with Gasteiger partial charge in [-0.2, -0.15) is 0 Å². The molecule has 0 unspecified atom stereocenters. The molecular weight excluding hydrogens is 556 g/mol. The van der Waals surface area contributed by atoms with Crippen LogP contribution in [-0.2, 0) is 34.5 Å². The highest BCUT2D eigenvalue weighted by atomic mass is 35.5. The number of fused-ring (bicyclic) bond motifs is 1. The summed E-state index contributed by atoms with van der Waals surface area (Å²) in [6.07, 6.45) is 6.44. The molecule has 1 spiro atoms. The molecule has 2 aromatic rings. The molecule has 226 valence electrons. The molecule has 4 aliphatic rings. The summed E-state index contributed by atoms with van der Waals surface area (Å²) < 4.78 is 8.11. The summed E-state index contributed by atoms with van der Waals surface area (Å²) >= 11 is 6.79. The molecule has 3 atom stereocenters. The van der Waals surface area contributed by atoms with Crippen LogP contribution in [0.4, 0.5) is 0 Å². The lowest BCUT2D eigenvalue weighted by Crippen LogP contribution is -2.54. The van der Waals surface area contributed by atoms with Gasteiger partial charge in [0.25, 0.3) is 0 Å². The maximum atomic E-state index is 14.6. The average Bonchev–Trinajstić information content (AvgIpc) is 3.56. The molecule has 42 heavy (non-hydrogen) atoms. The van der Waals surface area contributed by atoms with Crippen molar-refractivity contribution in [1.29, 1.82) is 0 Å². The summed E-state index contributed by atoms with van der Waals surface area (Å²) in [4.78, 5) is 44.8. The van der Waals surface area contributed by atoms with Gasteiger partial charge in [0.2, 0.25) is 17.7 Å². The lowest BCUT2D eigenvalue weighted by Gasteiger charge is -2.46. The van der Waals surface area contributed by atoms with Crippen LogP contribution in [-0.4, -0.2) is 69.2 Å². The van der Waals surface area contributed by atoms with Crippen LogP contribution in [0.1, 0.15) is 80.4 Å². The molecule has 1 aromatic carbocycles. The summed E-state index contributed by atoms with van der Waals surface area (Å²) in [6, 6.07) is 3.27. The molecule has 2 saturated carbocycles. The Hall–Kier alpha value is -3.14. The van der Waals surface area contributed by atoms with Gasteiger partial charge in [-0.1, -0.05) is 29.7 Å². The van der Waals surface area contributed by atoms with E-state index in [9.17, 15) is 14.4 Å². The number of nitrogens with zero attached hydrogens (tertiary/aromatic N) is 5. The molecule has 1 aromatic heterocycles. The van der Waals surface area contributed by atoms with E-state index in [2.05, 4.69) is 15.6 Å². The maximum absolute atomic E-state index is 14.6. The third-order valence-corrected chi connectivity index (χ3v) is 10.8. The van der Waals surface area contributed by atoms with Crippen LogP contribution in [0.3, 0.4) is 0 Å². The number of ether oxygens (including phenoxy) is 1. The van der Waals surface area contributed by atoms with Gasteiger partial charge in [-0.05, 0) is 69.1 Å². The van der Waals surface area contributed by atoms with E-state index >= 15 is 0 Å². The van der Waals surface area contributed by atoms with E-state index in [1.165, 1.54) is 0 Å². The van der Waals surface area contributed by atoms with Crippen molar-refractivity contribution >= 4 is 29.3 Å². The second kappa shape index (κ2) is 10.8. The van der Waals surface area contributed by atoms with E-state index in [0.717, 1.165) is 48.2 Å². The van der Waals surface area contributed by atoms with Crippen molar-refractivity contribution in [2.24, 2.45) is 23.8 Å². The van der Waals surface area contributed by atoms with Crippen LogP contribution >= 0.6 is 11.6 Å². The minimum atomic E-state index is -0.784. The molecule has 3 fully saturated rings. The zero-order valence-electron chi connectivity index (χ0n) is 25.0. The topological polar surface area (TPSA) is 110 Å². The van der Waals surface area contributed by atoms with Crippen molar-refractivity contribution in [3.8, 4) is 5.75 Å². The Morgan fingerprint density at radius 2 is 2.00 bits per heavy atom. The molecule has 11 heteroatoms. The van der Waals surface area contributed by atoms with Gasteiger partial charge in [-0.15, -0.1) is 5.10 Å². The molecule has 0 radical (unpaired) electrons. The largest absolute Gasteiger partial charge is 0.487 e. The Kier molecular flexibility index (Phi) is 7.48. The fourth-order valence-electron chi connectivity index (χ4n) is 7.44. The smallest absolute Gasteiger partial charge is 0.227 e. The summed E-state index contributed by atoms with van der Waals surface area (Å²) in [5, 5.41) is 11.8. The Morgan fingerprint density at radius 3 is 2.67 bits per heavy atom. The third-order valence-electron chi connectivity index (χ3n) is 10.4. The first-order valence-corrected chi connectivity index (χ1v) is 15.5. The van der Waals surface area contributed by atoms with Gasteiger partial charge in [0.1, 0.15) is 18.1 Å². The molecule has 3 amide bonds. The van der Waals surface area contributed by atoms with Gasteiger partial charge in [0.05, 0.1) is 23.1 Å². The number of carbonyl (C=O) groups excluding carboxylic acids is 3. The second-order valence-corrected chi connectivity index (χ2v) is 13.4. The van der Waals surface area contributed by atoms with E-state index in [0.29, 0.717) is 56.1 Å². The normalized spacial score (nSPS) is 26.4. The number of nitrogens with one attached hydrogen (secondary N) is 1. The monoisotopic (exact) mass is 596 g/mol. The van der Waals surface area contributed by atoms with Crippen LogP contribution in [0.5, 0.6) is 5.75 Å². The van der Waals surface area contributed by atoms with Gasteiger partial charge in [0, 0.05) is 50.7 Å². The molecule has 1 N–H and O–H groups in total. The first-order valence-electron chi connectivity index (χ1n) is 15.2. The van der Waals surface area contributed by atoms with Crippen molar-refractivity contribution in [2.45, 2.75) is 77.9 Å². The average molecular weight is 597 g/mol. The summed E-state index contributed by atoms with van der Waals surface area (Å²) in [6.45, 7) is 5.65. The predicted octanol–water partition coefficient (Wildman–Crippen LogP) is 3.74. The van der Waals surface area contributed by atoms with E-state index in [-0.39, 0.29) is 29.7 Å². The SMILES string of the molecule is CNC(=O)[C@@]1(C)CCCC[C@H]1C(=O)N1CCc2c(Cl)ccc(OCc3nnn(C)c3C)c2[C@H]1CN1CC2(CC2)CC1=O. The first-order chi connectivity index (χ1) is 20.1. The van der Waals surface area contributed by atoms with Crippen molar-refractivity contribution in [3.63, 3.8) is 0 Å².